The second kappa shape index (κ2) is 9.62. The summed E-state index contributed by atoms with van der Waals surface area (Å²) in [6.07, 6.45) is 2.17. The predicted octanol–water partition coefficient (Wildman–Crippen LogP) is 1.16. The Morgan fingerprint density at radius 1 is 1.43 bits per heavy atom. The van der Waals surface area contributed by atoms with E-state index in [-0.39, 0.29) is 0 Å². The lowest BCUT2D eigenvalue weighted by atomic mass is 10.2. The number of ether oxygens (including phenoxy) is 1. The van der Waals surface area contributed by atoms with E-state index >= 15 is 0 Å². The van der Waals surface area contributed by atoms with Crippen LogP contribution in [0.25, 0.3) is 0 Å². The topological polar surface area (TPSA) is 38.3 Å². The van der Waals surface area contributed by atoms with Gasteiger partial charge in [0.2, 0.25) is 0 Å². The van der Waals surface area contributed by atoms with Crippen molar-refractivity contribution in [3.63, 3.8) is 0 Å². The molecule has 0 saturated heterocycles. The van der Waals surface area contributed by atoms with Crippen molar-refractivity contribution in [1.29, 1.82) is 0 Å². The molecule has 0 aromatic rings. The third kappa shape index (κ3) is 7.47. The smallest absolute Gasteiger partial charge is 0.0577 e. The van der Waals surface area contributed by atoms with Crippen molar-refractivity contribution in [3.8, 4) is 0 Å². The summed E-state index contributed by atoms with van der Waals surface area (Å²) in [5, 5.41) is 3.39. The van der Waals surface area contributed by atoms with Gasteiger partial charge >= 0.3 is 0 Å². The van der Waals surface area contributed by atoms with Crippen LogP contribution in [-0.2, 0) is 15.5 Å². The molecule has 0 aromatic heterocycles. The lowest BCUT2D eigenvalue weighted by molar-refractivity contribution is 0.218. The highest BCUT2D eigenvalue weighted by molar-refractivity contribution is 7.85. The quantitative estimate of drug-likeness (QED) is 0.635. The van der Waals surface area contributed by atoms with Gasteiger partial charge in [-0.1, -0.05) is 13.8 Å². The summed E-state index contributed by atoms with van der Waals surface area (Å²) in [7, 11) is 0.902. The first-order valence-electron chi connectivity index (χ1n) is 5.31. The molecule has 0 rings (SSSR count). The van der Waals surface area contributed by atoms with Crippen LogP contribution in [0.15, 0.2) is 0 Å². The minimum absolute atomic E-state index is 0.396. The van der Waals surface area contributed by atoms with Gasteiger partial charge in [0.05, 0.1) is 6.61 Å². The molecule has 0 radical (unpaired) electrons. The maximum atomic E-state index is 11.5. The van der Waals surface area contributed by atoms with E-state index < -0.39 is 10.8 Å². The molecular weight excluding hydrogens is 198 g/mol. The standard InChI is InChI=1S/C10H23NO2S/c1-4-6-11-10(5-2)9-14(12)8-7-13-3/h10-11H,4-9H2,1-3H3. The second-order valence-electron chi connectivity index (χ2n) is 3.36. The third-order valence-electron chi connectivity index (χ3n) is 2.08. The molecule has 0 fully saturated rings. The SMILES string of the molecule is CCCNC(CC)CS(=O)CCOC. The Labute approximate surface area is 90.1 Å². The van der Waals surface area contributed by atoms with Crippen molar-refractivity contribution in [1.82, 2.24) is 5.32 Å². The fraction of sp³-hybridized carbons (Fsp3) is 1.00. The highest BCUT2D eigenvalue weighted by Crippen LogP contribution is 1.95. The average Bonchev–Trinajstić information content (AvgIpc) is 2.21. The zero-order valence-electron chi connectivity index (χ0n) is 9.54. The van der Waals surface area contributed by atoms with E-state index in [0.717, 1.165) is 25.1 Å². The molecule has 0 aliphatic carbocycles. The summed E-state index contributed by atoms with van der Waals surface area (Å²) in [5.41, 5.74) is 0. The average molecular weight is 221 g/mol. The third-order valence-corrected chi connectivity index (χ3v) is 3.47. The van der Waals surface area contributed by atoms with E-state index in [1.165, 1.54) is 0 Å². The van der Waals surface area contributed by atoms with Crippen LogP contribution >= 0.6 is 0 Å². The molecule has 0 amide bonds. The van der Waals surface area contributed by atoms with Crippen LogP contribution < -0.4 is 5.32 Å². The first-order chi connectivity index (χ1) is 6.74. The van der Waals surface area contributed by atoms with Gasteiger partial charge in [-0.25, -0.2) is 0 Å². The zero-order chi connectivity index (χ0) is 10.8. The van der Waals surface area contributed by atoms with Gasteiger partial charge < -0.3 is 10.1 Å². The van der Waals surface area contributed by atoms with Crippen molar-refractivity contribution >= 4 is 10.8 Å². The van der Waals surface area contributed by atoms with Gasteiger partial charge in [-0.05, 0) is 19.4 Å². The van der Waals surface area contributed by atoms with Crippen molar-refractivity contribution in [3.05, 3.63) is 0 Å². The van der Waals surface area contributed by atoms with E-state index in [9.17, 15) is 4.21 Å². The monoisotopic (exact) mass is 221 g/mol. The molecule has 1 N–H and O–H groups in total. The van der Waals surface area contributed by atoms with Crippen LogP contribution in [-0.4, -0.2) is 42.0 Å². The molecule has 0 aromatic carbocycles. The van der Waals surface area contributed by atoms with Crippen LogP contribution in [0.4, 0.5) is 0 Å². The molecule has 14 heavy (non-hydrogen) atoms. The maximum absolute atomic E-state index is 11.5. The fourth-order valence-electron chi connectivity index (χ4n) is 1.15. The maximum Gasteiger partial charge on any atom is 0.0577 e. The fourth-order valence-corrected chi connectivity index (χ4v) is 2.48. The summed E-state index contributed by atoms with van der Waals surface area (Å²) in [5.74, 6) is 1.40. The normalized spacial score (nSPS) is 15.4. The molecule has 3 nitrogen and oxygen atoms in total. The number of hydrogen-bond donors (Lipinski definition) is 1. The summed E-state index contributed by atoms with van der Waals surface area (Å²) in [6, 6.07) is 0.396. The number of rotatable bonds is 9. The molecule has 0 spiro atoms. The first-order valence-corrected chi connectivity index (χ1v) is 6.80. The van der Waals surface area contributed by atoms with Crippen molar-refractivity contribution in [2.24, 2.45) is 0 Å². The Morgan fingerprint density at radius 2 is 2.14 bits per heavy atom. The zero-order valence-corrected chi connectivity index (χ0v) is 10.4. The molecule has 2 unspecified atom stereocenters. The minimum atomic E-state index is -0.741. The van der Waals surface area contributed by atoms with Crippen LogP contribution in [0.5, 0.6) is 0 Å². The van der Waals surface area contributed by atoms with E-state index in [1.54, 1.807) is 7.11 Å². The molecule has 86 valence electrons. The van der Waals surface area contributed by atoms with Crippen LogP contribution in [0.1, 0.15) is 26.7 Å². The molecule has 2 atom stereocenters. The van der Waals surface area contributed by atoms with Crippen LogP contribution in [0, 0.1) is 0 Å². The van der Waals surface area contributed by atoms with Crippen molar-refractivity contribution < 1.29 is 8.95 Å². The molecule has 0 bridgehead atoms. The molecule has 0 aliphatic rings. The van der Waals surface area contributed by atoms with Gasteiger partial charge in [0, 0.05) is 35.5 Å². The summed E-state index contributed by atoms with van der Waals surface area (Å²) in [6.45, 7) is 5.87. The lowest BCUT2D eigenvalue weighted by Crippen LogP contribution is -2.34. The number of methoxy groups -OCH3 is 1. The molecule has 0 saturated carbocycles. The van der Waals surface area contributed by atoms with Gasteiger partial charge in [-0.3, -0.25) is 4.21 Å². The Morgan fingerprint density at radius 3 is 2.64 bits per heavy atom. The largest absolute Gasteiger partial charge is 0.384 e. The highest BCUT2D eigenvalue weighted by atomic mass is 32.2. The van der Waals surface area contributed by atoms with Gasteiger partial charge in [0.25, 0.3) is 0 Å². The summed E-state index contributed by atoms with van der Waals surface area (Å²) in [4.78, 5) is 0. The number of nitrogens with one attached hydrogen (secondary N) is 1. The van der Waals surface area contributed by atoms with E-state index in [4.69, 9.17) is 4.74 Å². The molecule has 0 heterocycles. The van der Waals surface area contributed by atoms with E-state index in [2.05, 4.69) is 19.2 Å². The summed E-state index contributed by atoms with van der Waals surface area (Å²) < 4.78 is 16.4. The minimum Gasteiger partial charge on any atom is -0.384 e. The van der Waals surface area contributed by atoms with Gasteiger partial charge in [-0.2, -0.15) is 0 Å². The van der Waals surface area contributed by atoms with E-state index in [0.29, 0.717) is 18.4 Å². The Hall–Kier alpha value is 0.0700. The Bertz CT molecular complexity index is 153. The Kier molecular flexibility index (Phi) is 9.67. The Balaban J connectivity index is 3.62. The molecule has 0 aliphatic heterocycles. The summed E-state index contributed by atoms with van der Waals surface area (Å²) >= 11 is 0. The highest BCUT2D eigenvalue weighted by Gasteiger charge is 2.09. The number of hydrogen-bond acceptors (Lipinski definition) is 3. The van der Waals surface area contributed by atoms with Crippen molar-refractivity contribution in [2.45, 2.75) is 32.7 Å². The van der Waals surface area contributed by atoms with Crippen LogP contribution in [0.3, 0.4) is 0 Å². The molecular formula is C10H23NO2S. The van der Waals surface area contributed by atoms with Crippen molar-refractivity contribution in [2.75, 3.05) is 31.8 Å². The molecule has 4 heteroatoms. The van der Waals surface area contributed by atoms with Gasteiger partial charge in [0.1, 0.15) is 0 Å². The van der Waals surface area contributed by atoms with Crippen LogP contribution in [0.2, 0.25) is 0 Å². The van der Waals surface area contributed by atoms with E-state index in [1.807, 2.05) is 0 Å². The lowest BCUT2D eigenvalue weighted by Gasteiger charge is -2.15. The van der Waals surface area contributed by atoms with Gasteiger partial charge in [0.15, 0.2) is 0 Å². The van der Waals surface area contributed by atoms with Gasteiger partial charge in [-0.15, -0.1) is 0 Å². The second-order valence-corrected chi connectivity index (χ2v) is 4.98. The predicted molar refractivity (Wildman–Crippen MR) is 62.1 cm³/mol. The first kappa shape index (κ1) is 14.1.